The summed E-state index contributed by atoms with van der Waals surface area (Å²) in [7, 11) is 0. The van der Waals surface area contributed by atoms with Crippen molar-refractivity contribution in [1.29, 1.82) is 0 Å². The van der Waals surface area contributed by atoms with Crippen molar-refractivity contribution in [2.75, 3.05) is 19.8 Å². The van der Waals surface area contributed by atoms with Gasteiger partial charge in [0.2, 0.25) is 11.8 Å². The number of nitrogens with zero attached hydrogens (tertiary/aromatic N) is 2. The number of hydrogen-bond donors (Lipinski definition) is 1. The Labute approximate surface area is 216 Å². The molecule has 4 aliphatic rings. The molecule has 0 aromatic heterocycles. The van der Waals surface area contributed by atoms with Crippen LogP contribution in [0, 0.1) is 11.8 Å². The van der Waals surface area contributed by atoms with Crippen LogP contribution in [-0.4, -0.2) is 80.6 Å². The second-order valence-electron chi connectivity index (χ2n) is 10.3. The van der Waals surface area contributed by atoms with Gasteiger partial charge >= 0.3 is 5.97 Å². The van der Waals surface area contributed by atoms with Crippen molar-refractivity contribution < 1.29 is 24.2 Å². The van der Waals surface area contributed by atoms with Gasteiger partial charge in [0, 0.05) is 17.8 Å². The number of ether oxygens (including phenoxy) is 1. The molecule has 4 aliphatic heterocycles. The summed E-state index contributed by atoms with van der Waals surface area (Å²) in [6, 6.07) is 8.24. The molecule has 192 valence electrons. The number of allylic oxidation sites excluding steroid dienone is 1. The highest BCUT2D eigenvalue weighted by Crippen LogP contribution is 2.61. The van der Waals surface area contributed by atoms with Gasteiger partial charge in [-0.1, -0.05) is 54.6 Å². The van der Waals surface area contributed by atoms with Crippen LogP contribution in [0.4, 0.5) is 0 Å². The van der Waals surface area contributed by atoms with E-state index in [1.807, 2.05) is 62.4 Å². The molecule has 1 unspecified atom stereocenters. The lowest BCUT2D eigenvalue weighted by Crippen LogP contribution is -2.57. The van der Waals surface area contributed by atoms with Gasteiger partial charge in [-0.15, -0.1) is 11.8 Å². The molecule has 2 saturated heterocycles. The van der Waals surface area contributed by atoms with Crippen molar-refractivity contribution in [2.24, 2.45) is 11.8 Å². The molecule has 6 atom stereocenters. The fourth-order valence-corrected chi connectivity index (χ4v) is 8.19. The quantitative estimate of drug-likeness (QED) is 0.484. The van der Waals surface area contributed by atoms with Gasteiger partial charge in [-0.2, -0.15) is 0 Å². The molecule has 0 aliphatic carbocycles. The minimum absolute atomic E-state index is 0.0524. The molecule has 1 aromatic rings. The van der Waals surface area contributed by atoms with Crippen LogP contribution in [0.25, 0.3) is 0 Å². The van der Waals surface area contributed by atoms with Gasteiger partial charge in [0.05, 0.1) is 35.8 Å². The van der Waals surface area contributed by atoms with Crippen LogP contribution in [0.1, 0.15) is 32.3 Å². The average Bonchev–Trinajstić information content (AvgIpc) is 3.28. The van der Waals surface area contributed by atoms with Crippen LogP contribution in [0.2, 0.25) is 0 Å². The molecule has 1 aromatic carbocycles. The molecule has 5 rings (SSSR count). The number of benzene rings is 1. The van der Waals surface area contributed by atoms with Crippen LogP contribution in [0.3, 0.4) is 0 Å². The minimum Gasteiger partial charge on any atom is -0.465 e. The number of aliphatic hydroxyl groups is 1. The molecule has 7 nitrogen and oxygen atoms in total. The van der Waals surface area contributed by atoms with E-state index >= 15 is 0 Å². The molecule has 2 amide bonds. The van der Waals surface area contributed by atoms with Crippen molar-refractivity contribution in [1.82, 2.24) is 9.80 Å². The molecule has 2 fully saturated rings. The Balaban J connectivity index is 1.62. The summed E-state index contributed by atoms with van der Waals surface area (Å²) in [5, 5.41) is 10.3. The zero-order valence-corrected chi connectivity index (χ0v) is 21.6. The smallest absolute Gasteiger partial charge is 0.311 e. The van der Waals surface area contributed by atoms with Crippen LogP contribution < -0.4 is 0 Å². The number of esters is 1. The van der Waals surface area contributed by atoms with Crippen LogP contribution in [0.15, 0.2) is 54.6 Å². The van der Waals surface area contributed by atoms with E-state index in [-0.39, 0.29) is 35.7 Å². The maximum Gasteiger partial charge on any atom is 0.311 e. The number of hydrogen-bond acceptors (Lipinski definition) is 6. The normalized spacial score (nSPS) is 33.7. The van der Waals surface area contributed by atoms with Gasteiger partial charge in [-0.05, 0) is 38.7 Å². The lowest BCUT2D eigenvalue weighted by atomic mass is 9.78. The van der Waals surface area contributed by atoms with Gasteiger partial charge in [-0.25, -0.2) is 0 Å². The molecule has 0 bridgehead atoms. The molecular weight excluding hydrogens is 476 g/mol. The van der Waals surface area contributed by atoms with Gasteiger partial charge < -0.3 is 19.6 Å². The Morgan fingerprint density at radius 1 is 1.14 bits per heavy atom. The minimum atomic E-state index is -0.903. The number of carbonyl (C=O) groups is 3. The molecule has 36 heavy (non-hydrogen) atoms. The second-order valence-corrected chi connectivity index (χ2v) is 11.8. The summed E-state index contributed by atoms with van der Waals surface area (Å²) >= 11 is 1.54. The summed E-state index contributed by atoms with van der Waals surface area (Å²) < 4.78 is 4.71. The van der Waals surface area contributed by atoms with E-state index in [0.29, 0.717) is 19.6 Å². The van der Waals surface area contributed by atoms with Crippen molar-refractivity contribution in [2.45, 2.75) is 61.2 Å². The number of amides is 2. The number of carbonyl (C=O) groups excluding carboxylic acids is 3. The van der Waals surface area contributed by atoms with Gasteiger partial charge in [-0.3, -0.25) is 14.4 Å². The zero-order chi connectivity index (χ0) is 25.4. The Morgan fingerprint density at radius 3 is 2.64 bits per heavy atom. The number of thioether (sulfide) groups is 1. The number of likely N-dealkylation sites (tertiary alicyclic amines) is 1. The number of fused-ring (bicyclic) bond motifs is 2. The number of rotatable bonds is 5. The van der Waals surface area contributed by atoms with E-state index < -0.39 is 28.7 Å². The first-order valence-electron chi connectivity index (χ1n) is 12.8. The fraction of sp³-hybridized carbons (Fsp3) is 0.536. The fourth-order valence-electron chi connectivity index (χ4n) is 6.21. The van der Waals surface area contributed by atoms with Crippen molar-refractivity contribution >= 4 is 29.5 Å². The summed E-state index contributed by atoms with van der Waals surface area (Å²) in [6.07, 6.45) is 10.0. The first-order valence-corrected chi connectivity index (χ1v) is 13.7. The predicted octanol–water partition coefficient (Wildman–Crippen LogP) is 2.59. The first kappa shape index (κ1) is 25.1. The monoisotopic (exact) mass is 510 g/mol. The Kier molecular flexibility index (Phi) is 7.01. The third-order valence-electron chi connectivity index (χ3n) is 7.86. The van der Waals surface area contributed by atoms with E-state index in [2.05, 4.69) is 6.08 Å². The lowest BCUT2D eigenvalue weighted by Gasteiger charge is -2.39. The standard InChI is InChI=1S/C28H34N2O5S/c1-18(2)29-14-9-13-28-23(22-21(36-28)12-7-4-8-15-35-27(22)34)25(32)30(24(28)26(29)33)20(17-31)16-19-10-5-3-6-11-19/h3,5-7,9-13,18,20-24,31H,4,8,14-17H2,1-2H3/b12-7-/t20-,21+,22-,23+,24?,28+/m1/s1. The summed E-state index contributed by atoms with van der Waals surface area (Å²) in [6.45, 7) is 4.43. The number of cyclic esters (lactones) is 1. The van der Waals surface area contributed by atoms with Crippen molar-refractivity contribution in [3.8, 4) is 0 Å². The maximum atomic E-state index is 14.3. The highest BCUT2D eigenvalue weighted by atomic mass is 32.2. The van der Waals surface area contributed by atoms with Gasteiger partial charge in [0.25, 0.3) is 0 Å². The van der Waals surface area contributed by atoms with E-state index in [0.717, 1.165) is 18.4 Å². The second kappa shape index (κ2) is 10.1. The third-order valence-corrected chi connectivity index (χ3v) is 9.61. The van der Waals surface area contributed by atoms with Gasteiger partial charge in [0.15, 0.2) is 0 Å². The first-order chi connectivity index (χ1) is 17.4. The number of aliphatic hydroxyl groups excluding tert-OH is 1. The van der Waals surface area contributed by atoms with E-state index in [4.69, 9.17) is 4.74 Å². The lowest BCUT2D eigenvalue weighted by molar-refractivity contribution is -0.153. The van der Waals surface area contributed by atoms with E-state index in [1.165, 1.54) is 11.8 Å². The third kappa shape index (κ3) is 4.08. The van der Waals surface area contributed by atoms with E-state index in [1.54, 1.807) is 9.80 Å². The predicted molar refractivity (Wildman–Crippen MR) is 138 cm³/mol. The van der Waals surface area contributed by atoms with Gasteiger partial charge in [0.1, 0.15) is 6.04 Å². The van der Waals surface area contributed by atoms with Crippen LogP contribution in [0.5, 0.6) is 0 Å². The molecular formula is C28H34N2O5S. The van der Waals surface area contributed by atoms with Crippen LogP contribution >= 0.6 is 11.8 Å². The van der Waals surface area contributed by atoms with E-state index in [9.17, 15) is 19.5 Å². The molecule has 1 spiro atoms. The molecule has 4 heterocycles. The molecule has 0 saturated carbocycles. The van der Waals surface area contributed by atoms with Crippen molar-refractivity contribution in [3.63, 3.8) is 0 Å². The average molecular weight is 511 g/mol. The largest absolute Gasteiger partial charge is 0.465 e. The SMILES string of the molecule is CC(C)N1CC=C[C@]23S[C@H]4/C=C\CCCOC(=O)[C@H]4[C@H]2C(=O)N([C@@H](CO)Cc2ccccc2)C3C1=O. The zero-order valence-electron chi connectivity index (χ0n) is 20.8. The molecule has 1 N–H and O–H groups in total. The highest BCUT2D eigenvalue weighted by Gasteiger charge is 2.71. The topological polar surface area (TPSA) is 87.2 Å². The van der Waals surface area contributed by atoms with Crippen molar-refractivity contribution in [3.05, 3.63) is 60.2 Å². The summed E-state index contributed by atoms with van der Waals surface area (Å²) in [5.41, 5.74) is 0.975. The highest BCUT2D eigenvalue weighted by molar-refractivity contribution is 8.02. The molecule has 8 heteroatoms. The molecule has 0 radical (unpaired) electrons. The summed E-state index contributed by atoms with van der Waals surface area (Å²) in [4.78, 5) is 45.2. The van der Waals surface area contributed by atoms with Crippen LogP contribution in [-0.2, 0) is 25.5 Å². The maximum absolute atomic E-state index is 14.3. The summed E-state index contributed by atoms with van der Waals surface area (Å²) in [5.74, 6) is -2.16. The Morgan fingerprint density at radius 2 is 1.92 bits per heavy atom. The Bertz CT molecular complexity index is 1070. The Hall–Kier alpha value is -2.58.